The third-order valence-electron chi connectivity index (χ3n) is 8.00. The van der Waals surface area contributed by atoms with Gasteiger partial charge in [-0.25, -0.2) is 0 Å². The maximum atomic E-state index is 12.6. The average molecular weight is 799 g/mol. The van der Waals surface area contributed by atoms with Gasteiger partial charge < -0.3 is 77.3 Å². The number of hydrogen-bond donors (Lipinski definition) is 4. The molecule has 3 saturated heterocycles. The molecule has 3 aliphatic rings. The predicted octanol–water partition coefficient (Wildman–Crippen LogP) is -3.58. The molecular formula is C32H46O23. The van der Waals surface area contributed by atoms with Gasteiger partial charge in [0.05, 0.1) is 6.61 Å². The first kappa shape index (κ1) is 45.3. The van der Waals surface area contributed by atoms with Crippen LogP contribution in [0.2, 0.25) is 0 Å². The summed E-state index contributed by atoms with van der Waals surface area (Å²) in [5.41, 5.74) is 0. The van der Waals surface area contributed by atoms with Crippen LogP contribution in [0, 0.1) is 0 Å². The average Bonchev–Trinajstić information content (AvgIpc) is 3.06. The second-order valence-corrected chi connectivity index (χ2v) is 12.5. The Morgan fingerprint density at radius 3 is 1.29 bits per heavy atom. The molecule has 0 aromatic rings. The molecule has 0 bridgehead atoms. The Balaban J connectivity index is 2.12. The zero-order chi connectivity index (χ0) is 41.3. The van der Waals surface area contributed by atoms with Crippen LogP contribution in [-0.4, -0.2) is 174 Å². The predicted molar refractivity (Wildman–Crippen MR) is 168 cm³/mol. The molecule has 23 nitrogen and oxygen atoms in total. The first-order valence-corrected chi connectivity index (χ1v) is 16.8. The van der Waals surface area contributed by atoms with Crippen LogP contribution >= 0.6 is 0 Å². The second kappa shape index (κ2) is 20.2. The molecule has 3 rings (SSSR count). The number of rotatable bonds is 14. The Morgan fingerprint density at radius 2 is 0.818 bits per heavy atom. The molecule has 0 radical (unpaired) electrons. The molecule has 3 fully saturated rings. The van der Waals surface area contributed by atoms with Crippen molar-refractivity contribution in [1.29, 1.82) is 0 Å². The van der Waals surface area contributed by atoms with Gasteiger partial charge in [-0.3, -0.25) is 33.6 Å². The lowest BCUT2D eigenvalue weighted by Gasteiger charge is -2.48. The van der Waals surface area contributed by atoms with Crippen LogP contribution in [0.4, 0.5) is 0 Å². The van der Waals surface area contributed by atoms with Gasteiger partial charge in [0, 0.05) is 48.5 Å². The van der Waals surface area contributed by atoms with E-state index in [-0.39, 0.29) is 0 Å². The third-order valence-corrected chi connectivity index (χ3v) is 8.00. The molecule has 0 unspecified atom stereocenters. The van der Waals surface area contributed by atoms with Gasteiger partial charge in [-0.1, -0.05) is 0 Å². The fraction of sp³-hybridized carbons (Fsp3) is 0.781. The summed E-state index contributed by atoms with van der Waals surface area (Å²) >= 11 is 0. The van der Waals surface area contributed by atoms with E-state index in [1.165, 1.54) is 0 Å². The smallest absolute Gasteiger partial charge is 0.303 e. The van der Waals surface area contributed by atoms with E-state index in [0.717, 1.165) is 48.5 Å². The molecule has 55 heavy (non-hydrogen) atoms. The SMILES string of the molecule is CC(=O)OC[C@H]1O[C@@H](O[C@H]2[C@H](OC(C)=O)[C@@H](OC(C)=O)[C@H](OC[C@H]3O[C@H](O)[C@H](O)[C@@H](O)[C@@H]3O)O[C@@H]2COC(C)=O)[C@H](OC(C)=O)[C@@H](OC(C)=O)[C@@H]1OC(C)=O. The number of ether oxygens (including phenoxy) is 12. The highest BCUT2D eigenvalue weighted by Crippen LogP contribution is 2.36. The van der Waals surface area contributed by atoms with E-state index in [4.69, 9.17) is 56.8 Å². The van der Waals surface area contributed by atoms with Crippen molar-refractivity contribution in [2.75, 3.05) is 19.8 Å². The van der Waals surface area contributed by atoms with Crippen LogP contribution in [0.5, 0.6) is 0 Å². The van der Waals surface area contributed by atoms with Gasteiger partial charge in [0.25, 0.3) is 0 Å². The van der Waals surface area contributed by atoms with Crippen LogP contribution in [0.1, 0.15) is 48.5 Å². The minimum Gasteiger partial charge on any atom is -0.463 e. The van der Waals surface area contributed by atoms with Gasteiger partial charge >= 0.3 is 41.8 Å². The molecule has 0 saturated carbocycles. The highest BCUT2D eigenvalue weighted by molar-refractivity contribution is 5.69. The van der Waals surface area contributed by atoms with E-state index in [9.17, 15) is 54.0 Å². The molecule has 312 valence electrons. The zero-order valence-corrected chi connectivity index (χ0v) is 30.8. The number of carbonyl (C=O) groups is 7. The van der Waals surface area contributed by atoms with E-state index in [1.54, 1.807) is 0 Å². The molecule has 23 heteroatoms. The van der Waals surface area contributed by atoms with Crippen LogP contribution < -0.4 is 0 Å². The molecule has 0 aliphatic carbocycles. The van der Waals surface area contributed by atoms with Crippen molar-refractivity contribution in [1.82, 2.24) is 0 Å². The Kier molecular flexibility index (Phi) is 16.6. The Bertz CT molecular complexity index is 1390. The molecule has 0 spiro atoms. The van der Waals surface area contributed by atoms with Gasteiger partial charge in [-0.15, -0.1) is 0 Å². The minimum atomic E-state index is -1.95. The Morgan fingerprint density at radius 1 is 0.418 bits per heavy atom. The van der Waals surface area contributed by atoms with Gasteiger partial charge in [0.1, 0.15) is 55.9 Å². The monoisotopic (exact) mass is 798 g/mol. The molecule has 0 aromatic heterocycles. The normalized spacial score (nSPS) is 36.0. The summed E-state index contributed by atoms with van der Waals surface area (Å²) in [4.78, 5) is 85.6. The van der Waals surface area contributed by atoms with E-state index in [2.05, 4.69) is 0 Å². The van der Waals surface area contributed by atoms with Crippen LogP contribution in [0.25, 0.3) is 0 Å². The maximum Gasteiger partial charge on any atom is 0.303 e. The molecule has 3 heterocycles. The number of esters is 7. The largest absolute Gasteiger partial charge is 0.463 e. The van der Waals surface area contributed by atoms with Gasteiger partial charge in [0.15, 0.2) is 49.4 Å². The minimum absolute atomic E-state index is 0.634. The molecule has 4 N–H and O–H groups in total. The summed E-state index contributed by atoms with van der Waals surface area (Å²) in [5, 5.41) is 40.4. The van der Waals surface area contributed by atoms with Crippen LogP contribution in [0.3, 0.4) is 0 Å². The summed E-state index contributed by atoms with van der Waals surface area (Å²) in [5.74, 6) is -6.44. The third kappa shape index (κ3) is 12.7. The summed E-state index contributed by atoms with van der Waals surface area (Å²) < 4.78 is 66.6. The Hall–Kier alpha value is -4.07. The molecule has 3 aliphatic heterocycles. The summed E-state index contributed by atoms with van der Waals surface area (Å²) in [6.45, 7) is 5.00. The summed E-state index contributed by atoms with van der Waals surface area (Å²) in [6, 6.07) is 0. The molecule has 15 atom stereocenters. The lowest BCUT2D eigenvalue weighted by Crippen LogP contribution is -2.67. The van der Waals surface area contributed by atoms with E-state index >= 15 is 0 Å². The standard InChI is InChI=1S/C32H46O23/c1-11(33)44-9-19-24(47-13(3)35)26(48-14(4)36)29(51-17(7)39)32(54-19)55-25-20(10-45-12(2)34)53-31(28(50-16(6)38)27(25)49-15(5)37)46-8-18-21(40)22(41)23(42)30(43)52-18/h18-32,40-43H,8-10H2,1-7H3/t18-,19-,20-,21-,22+,23-,24-,25-,26+,27+,28-,29-,30+,31-,32+/m1/s1. The van der Waals surface area contributed by atoms with E-state index in [1.807, 2.05) is 0 Å². The van der Waals surface area contributed by atoms with Crippen molar-refractivity contribution >= 4 is 41.8 Å². The lowest BCUT2D eigenvalue weighted by atomic mass is 9.95. The van der Waals surface area contributed by atoms with Crippen molar-refractivity contribution in [3.8, 4) is 0 Å². The van der Waals surface area contributed by atoms with E-state index < -0.39 is 154 Å². The molecule has 0 amide bonds. The van der Waals surface area contributed by atoms with Crippen molar-refractivity contribution in [3.63, 3.8) is 0 Å². The number of hydrogen-bond acceptors (Lipinski definition) is 23. The molecular weight excluding hydrogens is 752 g/mol. The quantitative estimate of drug-likeness (QED) is 0.0975. The number of aliphatic hydroxyl groups is 4. The maximum absolute atomic E-state index is 12.6. The second-order valence-electron chi connectivity index (χ2n) is 12.5. The topological polar surface area (TPSA) is 311 Å². The first-order chi connectivity index (χ1) is 25.7. The zero-order valence-electron chi connectivity index (χ0n) is 30.8. The van der Waals surface area contributed by atoms with Gasteiger partial charge in [0.2, 0.25) is 0 Å². The fourth-order valence-electron chi connectivity index (χ4n) is 5.86. The highest BCUT2D eigenvalue weighted by atomic mass is 16.8. The number of carbonyl (C=O) groups excluding carboxylic acids is 7. The van der Waals surface area contributed by atoms with Gasteiger partial charge in [-0.05, 0) is 0 Å². The van der Waals surface area contributed by atoms with Crippen LogP contribution in [-0.2, 0) is 90.4 Å². The highest BCUT2D eigenvalue weighted by Gasteiger charge is 2.58. The van der Waals surface area contributed by atoms with E-state index in [0.29, 0.717) is 0 Å². The van der Waals surface area contributed by atoms with Gasteiger partial charge in [-0.2, -0.15) is 0 Å². The summed E-state index contributed by atoms with van der Waals surface area (Å²) in [6.07, 6.45) is -26.1. The van der Waals surface area contributed by atoms with Crippen molar-refractivity contribution < 1.29 is 111 Å². The van der Waals surface area contributed by atoms with Crippen LogP contribution in [0.15, 0.2) is 0 Å². The summed E-state index contributed by atoms with van der Waals surface area (Å²) in [7, 11) is 0. The fourth-order valence-corrected chi connectivity index (χ4v) is 5.86. The van der Waals surface area contributed by atoms with Crippen molar-refractivity contribution in [2.24, 2.45) is 0 Å². The lowest BCUT2D eigenvalue weighted by molar-refractivity contribution is -0.365. The first-order valence-electron chi connectivity index (χ1n) is 16.8. The number of aliphatic hydroxyl groups excluding tert-OH is 4. The van der Waals surface area contributed by atoms with Crippen molar-refractivity contribution in [2.45, 2.75) is 141 Å². The van der Waals surface area contributed by atoms with Crippen molar-refractivity contribution in [3.05, 3.63) is 0 Å². The Labute approximate surface area is 313 Å². The molecule has 0 aromatic carbocycles.